The van der Waals surface area contributed by atoms with Crippen LogP contribution < -0.4 is 5.32 Å². The summed E-state index contributed by atoms with van der Waals surface area (Å²) in [5, 5.41) is 3.71. The quantitative estimate of drug-likeness (QED) is 0.863. The number of ether oxygens (including phenoxy) is 2. The molecule has 5 nitrogen and oxygen atoms in total. The lowest BCUT2D eigenvalue weighted by atomic mass is 9.96. The van der Waals surface area contributed by atoms with Crippen molar-refractivity contribution in [1.82, 2.24) is 10.2 Å². The molecule has 2 aliphatic heterocycles. The second-order valence-corrected chi connectivity index (χ2v) is 8.10. The van der Waals surface area contributed by atoms with Crippen LogP contribution in [0.15, 0.2) is 0 Å². The van der Waals surface area contributed by atoms with E-state index in [4.69, 9.17) is 9.47 Å². The Morgan fingerprint density at radius 2 is 2.00 bits per heavy atom. The Labute approximate surface area is 141 Å². The van der Waals surface area contributed by atoms with Crippen LogP contribution >= 0.6 is 0 Å². The van der Waals surface area contributed by atoms with Crippen LogP contribution in [0.1, 0.15) is 53.4 Å². The third kappa shape index (κ3) is 6.30. The minimum atomic E-state index is -0.421. The molecule has 2 aliphatic rings. The molecule has 0 saturated carbocycles. The summed E-state index contributed by atoms with van der Waals surface area (Å²) in [5.74, 6) is 1.31. The fourth-order valence-electron chi connectivity index (χ4n) is 3.35. The first kappa shape index (κ1) is 18.5. The maximum Gasteiger partial charge on any atom is 0.410 e. The molecule has 1 amide bonds. The van der Waals surface area contributed by atoms with Crippen LogP contribution in [0.3, 0.4) is 0 Å². The van der Waals surface area contributed by atoms with E-state index in [2.05, 4.69) is 12.2 Å². The van der Waals surface area contributed by atoms with Gasteiger partial charge >= 0.3 is 6.09 Å². The SMILES string of the molecule is CC1CCN(C(=O)OC(C)(C)C)CCC1NCCC1CCOC1. The Hall–Kier alpha value is -0.810. The first-order valence-electron chi connectivity index (χ1n) is 9.14. The molecule has 2 fully saturated rings. The maximum absolute atomic E-state index is 12.2. The number of carbonyl (C=O) groups excluding carboxylic acids is 1. The van der Waals surface area contributed by atoms with Gasteiger partial charge in [0.05, 0.1) is 0 Å². The van der Waals surface area contributed by atoms with E-state index in [-0.39, 0.29) is 6.09 Å². The Kier molecular flexibility index (Phi) is 6.72. The van der Waals surface area contributed by atoms with E-state index in [1.807, 2.05) is 25.7 Å². The van der Waals surface area contributed by atoms with Crippen LogP contribution in [0.4, 0.5) is 4.79 Å². The van der Waals surface area contributed by atoms with Crippen LogP contribution in [0.25, 0.3) is 0 Å². The molecular weight excluding hydrogens is 292 g/mol. The largest absolute Gasteiger partial charge is 0.444 e. The highest BCUT2D eigenvalue weighted by Crippen LogP contribution is 2.21. The molecule has 23 heavy (non-hydrogen) atoms. The topological polar surface area (TPSA) is 50.8 Å². The van der Waals surface area contributed by atoms with Crippen LogP contribution in [0.5, 0.6) is 0 Å². The van der Waals surface area contributed by atoms with Gasteiger partial charge in [0.25, 0.3) is 0 Å². The lowest BCUT2D eigenvalue weighted by Crippen LogP contribution is -2.38. The normalized spacial score (nSPS) is 29.4. The van der Waals surface area contributed by atoms with Crippen molar-refractivity contribution in [2.45, 2.75) is 65.0 Å². The van der Waals surface area contributed by atoms with Crippen LogP contribution in [-0.4, -0.2) is 55.5 Å². The van der Waals surface area contributed by atoms with Crippen LogP contribution in [0, 0.1) is 11.8 Å². The minimum absolute atomic E-state index is 0.173. The zero-order valence-electron chi connectivity index (χ0n) is 15.3. The van der Waals surface area contributed by atoms with E-state index < -0.39 is 5.60 Å². The molecule has 0 aliphatic carbocycles. The second-order valence-electron chi connectivity index (χ2n) is 8.10. The predicted octanol–water partition coefficient (Wildman–Crippen LogP) is 3.04. The van der Waals surface area contributed by atoms with E-state index in [0.29, 0.717) is 12.0 Å². The van der Waals surface area contributed by atoms with Crippen LogP contribution in [0.2, 0.25) is 0 Å². The molecule has 0 aromatic heterocycles. The van der Waals surface area contributed by atoms with Gasteiger partial charge in [0, 0.05) is 32.3 Å². The van der Waals surface area contributed by atoms with Gasteiger partial charge < -0.3 is 19.7 Å². The number of carbonyl (C=O) groups is 1. The van der Waals surface area contributed by atoms with E-state index >= 15 is 0 Å². The van der Waals surface area contributed by atoms with Gasteiger partial charge in [-0.15, -0.1) is 0 Å². The molecule has 2 rings (SSSR count). The van der Waals surface area contributed by atoms with Gasteiger partial charge in [-0.25, -0.2) is 4.79 Å². The summed E-state index contributed by atoms with van der Waals surface area (Å²) in [7, 11) is 0. The van der Waals surface area contributed by atoms with Gasteiger partial charge in [-0.2, -0.15) is 0 Å². The first-order valence-corrected chi connectivity index (χ1v) is 9.14. The van der Waals surface area contributed by atoms with Gasteiger partial charge in [-0.3, -0.25) is 0 Å². The monoisotopic (exact) mass is 326 g/mol. The van der Waals surface area contributed by atoms with Crippen molar-refractivity contribution >= 4 is 6.09 Å². The molecule has 0 spiro atoms. The summed E-state index contributed by atoms with van der Waals surface area (Å²) in [6.45, 7) is 12.5. The minimum Gasteiger partial charge on any atom is -0.444 e. The maximum atomic E-state index is 12.2. The van der Waals surface area contributed by atoms with Crippen molar-refractivity contribution in [2.75, 3.05) is 32.8 Å². The van der Waals surface area contributed by atoms with Gasteiger partial charge in [-0.1, -0.05) is 6.92 Å². The Morgan fingerprint density at radius 3 is 2.65 bits per heavy atom. The molecule has 0 aromatic rings. The molecule has 3 unspecified atom stereocenters. The van der Waals surface area contributed by atoms with Crippen molar-refractivity contribution in [3.8, 4) is 0 Å². The fraction of sp³-hybridized carbons (Fsp3) is 0.944. The molecule has 1 N–H and O–H groups in total. The smallest absolute Gasteiger partial charge is 0.410 e. The number of hydrogen-bond acceptors (Lipinski definition) is 4. The highest BCUT2D eigenvalue weighted by atomic mass is 16.6. The standard InChI is InChI=1S/C18H34N2O3/c1-14-6-10-20(17(21)23-18(2,3)4)11-7-16(14)19-9-5-15-8-12-22-13-15/h14-16,19H,5-13H2,1-4H3. The predicted molar refractivity (Wildman–Crippen MR) is 91.5 cm³/mol. The molecule has 0 bridgehead atoms. The first-order chi connectivity index (χ1) is 10.8. The number of hydrogen-bond donors (Lipinski definition) is 1. The summed E-state index contributed by atoms with van der Waals surface area (Å²) in [6.07, 6.45) is 4.26. The highest BCUT2D eigenvalue weighted by Gasteiger charge is 2.28. The number of nitrogens with one attached hydrogen (secondary N) is 1. The lowest BCUT2D eigenvalue weighted by Gasteiger charge is -2.26. The molecule has 0 aromatic carbocycles. The number of rotatable bonds is 4. The van der Waals surface area contributed by atoms with Gasteiger partial charge in [0.15, 0.2) is 0 Å². The summed E-state index contributed by atoms with van der Waals surface area (Å²) in [5.41, 5.74) is -0.421. The van der Waals surface area contributed by atoms with Gasteiger partial charge in [-0.05, 0) is 64.8 Å². The molecule has 2 heterocycles. The third-order valence-corrected chi connectivity index (χ3v) is 4.89. The third-order valence-electron chi connectivity index (χ3n) is 4.89. The van der Waals surface area contributed by atoms with Crippen molar-refractivity contribution in [3.63, 3.8) is 0 Å². The Balaban J connectivity index is 1.74. The van der Waals surface area contributed by atoms with Crippen molar-refractivity contribution < 1.29 is 14.3 Å². The molecule has 0 radical (unpaired) electrons. The van der Waals surface area contributed by atoms with E-state index in [0.717, 1.165) is 51.6 Å². The molecule has 5 heteroatoms. The summed E-state index contributed by atoms with van der Waals surface area (Å²) < 4.78 is 10.9. The number of nitrogens with zero attached hydrogens (tertiary/aromatic N) is 1. The van der Waals surface area contributed by atoms with E-state index in [1.54, 1.807) is 0 Å². The zero-order valence-corrected chi connectivity index (χ0v) is 15.3. The molecular formula is C18H34N2O3. The molecule has 3 atom stereocenters. The van der Waals surface area contributed by atoms with Crippen molar-refractivity contribution in [1.29, 1.82) is 0 Å². The van der Waals surface area contributed by atoms with E-state index in [1.165, 1.54) is 12.8 Å². The average molecular weight is 326 g/mol. The second kappa shape index (κ2) is 8.34. The van der Waals surface area contributed by atoms with Crippen molar-refractivity contribution in [2.24, 2.45) is 11.8 Å². The van der Waals surface area contributed by atoms with Crippen molar-refractivity contribution in [3.05, 3.63) is 0 Å². The summed E-state index contributed by atoms with van der Waals surface area (Å²) in [6, 6.07) is 0.491. The Morgan fingerprint density at radius 1 is 1.26 bits per heavy atom. The van der Waals surface area contributed by atoms with Gasteiger partial charge in [0.1, 0.15) is 5.60 Å². The summed E-state index contributed by atoms with van der Waals surface area (Å²) >= 11 is 0. The van der Waals surface area contributed by atoms with E-state index in [9.17, 15) is 4.79 Å². The van der Waals surface area contributed by atoms with Gasteiger partial charge in [0.2, 0.25) is 0 Å². The Bertz CT molecular complexity index is 375. The summed E-state index contributed by atoms with van der Waals surface area (Å²) in [4.78, 5) is 14.1. The zero-order chi connectivity index (χ0) is 16.9. The lowest BCUT2D eigenvalue weighted by molar-refractivity contribution is 0.0255. The fourth-order valence-corrected chi connectivity index (χ4v) is 3.35. The number of amides is 1. The average Bonchev–Trinajstić information content (AvgIpc) is 2.89. The molecule has 134 valence electrons. The van der Waals surface area contributed by atoms with Crippen LogP contribution in [-0.2, 0) is 9.47 Å². The number of likely N-dealkylation sites (tertiary alicyclic amines) is 1. The highest BCUT2D eigenvalue weighted by molar-refractivity contribution is 5.68. The molecule has 2 saturated heterocycles.